The number of amides is 1. The van der Waals surface area contributed by atoms with Crippen LogP contribution in [-0.4, -0.2) is 35.8 Å². The predicted octanol–water partition coefficient (Wildman–Crippen LogP) is 3.17. The lowest BCUT2D eigenvalue weighted by Gasteiger charge is -2.20. The molecule has 3 aromatic rings. The summed E-state index contributed by atoms with van der Waals surface area (Å²) < 4.78 is 10.2. The second-order valence-electron chi connectivity index (χ2n) is 6.46. The molecule has 30 heavy (non-hydrogen) atoms. The summed E-state index contributed by atoms with van der Waals surface area (Å²) in [5, 5.41) is 21.9. The van der Waals surface area contributed by atoms with Crippen LogP contribution >= 0.6 is 0 Å². The zero-order valence-electron chi connectivity index (χ0n) is 16.2. The van der Waals surface area contributed by atoms with Crippen LogP contribution in [0.1, 0.15) is 27.5 Å². The summed E-state index contributed by atoms with van der Waals surface area (Å²) in [4.78, 5) is 24.6. The monoisotopic (exact) mass is 407 g/mol. The molecule has 0 saturated carbocycles. The first-order valence-corrected chi connectivity index (χ1v) is 9.15. The van der Waals surface area contributed by atoms with E-state index in [1.165, 1.54) is 12.1 Å². The molecular weight excluding hydrogens is 386 g/mol. The molecular formula is C23H21NO6. The number of hydrogen-bond acceptors (Lipinski definition) is 6. The van der Waals surface area contributed by atoms with Crippen molar-refractivity contribution in [2.24, 2.45) is 0 Å². The molecule has 1 atom stereocenters. The molecule has 0 aliphatic carbocycles. The van der Waals surface area contributed by atoms with E-state index in [1.807, 2.05) is 42.5 Å². The maximum Gasteiger partial charge on any atom is 0.342 e. The van der Waals surface area contributed by atoms with Gasteiger partial charge >= 0.3 is 5.97 Å². The van der Waals surface area contributed by atoms with E-state index in [0.717, 1.165) is 17.2 Å². The number of esters is 1. The largest absolute Gasteiger partial charge is 0.508 e. The van der Waals surface area contributed by atoms with Crippen molar-refractivity contribution in [2.75, 3.05) is 13.7 Å². The Bertz CT molecular complexity index is 1020. The van der Waals surface area contributed by atoms with E-state index in [0.29, 0.717) is 5.75 Å². The fourth-order valence-corrected chi connectivity index (χ4v) is 2.91. The van der Waals surface area contributed by atoms with Gasteiger partial charge in [0, 0.05) is 6.07 Å². The standard InChI is InChI=1S/C23H21NO6/c1-29-18-10-7-16(8-11-18)22(15-5-3-2-4-6-15)24-21(27)14-30-23(28)19-12-9-17(25)13-20(19)26/h2-13,22,25-26H,14H2,1H3,(H,24,27)/t22-/m1/s1. The number of carbonyl (C=O) groups excluding carboxylic acids is 2. The van der Waals surface area contributed by atoms with Gasteiger partial charge in [0.25, 0.3) is 5.91 Å². The molecule has 154 valence electrons. The second-order valence-corrected chi connectivity index (χ2v) is 6.46. The van der Waals surface area contributed by atoms with Crippen molar-refractivity contribution >= 4 is 11.9 Å². The molecule has 0 aromatic heterocycles. The van der Waals surface area contributed by atoms with E-state index in [-0.39, 0.29) is 11.3 Å². The lowest BCUT2D eigenvalue weighted by molar-refractivity contribution is -0.124. The highest BCUT2D eigenvalue weighted by Crippen LogP contribution is 2.25. The van der Waals surface area contributed by atoms with Crippen molar-refractivity contribution in [3.63, 3.8) is 0 Å². The molecule has 0 heterocycles. The molecule has 0 saturated heterocycles. The Hall–Kier alpha value is -4.00. The maximum atomic E-state index is 12.5. The molecule has 0 unspecified atom stereocenters. The predicted molar refractivity (Wildman–Crippen MR) is 109 cm³/mol. The Morgan fingerprint density at radius 2 is 1.60 bits per heavy atom. The number of hydrogen-bond donors (Lipinski definition) is 3. The van der Waals surface area contributed by atoms with Crippen LogP contribution < -0.4 is 10.1 Å². The molecule has 7 heteroatoms. The highest BCUT2D eigenvalue weighted by molar-refractivity contribution is 5.94. The van der Waals surface area contributed by atoms with Crippen molar-refractivity contribution in [3.05, 3.63) is 89.5 Å². The molecule has 0 fully saturated rings. The van der Waals surface area contributed by atoms with Crippen molar-refractivity contribution in [2.45, 2.75) is 6.04 Å². The molecule has 1 amide bonds. The zero-order valence-corrected chi connectivity index (χ0v) is 16.2. The zero-order chi connectivity index (χ0) is 21.5. The fraction of sp³-hybridized carbons (Fsp3) is 0.130. The molecule has 0 spiro atoms. The van der Waals surface area contributed by atoms with Crippen LogP contribution in [-0.2, 0) is 9.53 Å². The summed E-state index contributed by atoms with van der Waals surface area (Å²) in [7, 11) is 1.58. The van der Waals surface area contributed by atoms with Gasteiger partial charge in [-0.15, -0.1) is 0 Å². The van der Waals surface area contributed by atoms with E-state index >= 15 is 0 Å². The highest BCUT2D eigenvalue weighted by Gasteiger charge is 2.19. The van der Waals surface area contributed by atoms with Gasteiger partial charge in [-0.3, -0.25) is 4.79 Å². The minimum absolute atomic E-state index is 0.143. The Labute approximate surface area is 173 Å². The summed E-state index contributed by atoms with van der Waals surface area (Å²) >= 11 is 0. The molecule has 3 aromatic carbocycles. The van der Waals surface area contributed by atoms with Crippen LogP contribution in [0.3, 0.4) is 0 Å². The first-order chi connectivity index (χ1) is 14.5. The second kappa shape index (κ2) is 9.47. The third-order valence-corrected chi connectivity index (χ3v) is 4.42. The number of phenolic OH excluding ortho intramolecular Hbond substituents is 2. The van der Waals surface area contributed by atoms with Gasteiger partial charge in [0.2, 0.25) is 0 Å². The lowest BCUT2D eigenvalue weighted by Crippen LogP contribution is -2.33. The van der Waals surface area contributed by atoms with Gasteiger partial charge < -0.3 is 25.0 Å². The van der Waals surface area contributed by atoms with Crippen LogP contribution in [0.4, 0.5) is 0 Å². The minimum atomic E-state index is -0.872. The van der Waals surface area contributed by atoms with Gasteiger partial charge in [0.05, 0.1) is 13.2 Å². The average molecular weight is 407 g/mol. The summed E-state index contributed by atoms with van der Waals surface area (Å²) in [6.45, 7) is -0.529. The normalized spacial score (nSPS) is 11.4. The van der Waals surface area contributed by atoms with Crippen molar-refractivity contribution < 1.29 is 29.3 Å². The SMILES string of the molecule is COc1ccc([C@H](NC(=O)COC(=O)c2ccc(O)cc2O)c2ccccc2)cc1. The fourth-order valence-electron chi connectivity index (χ4n) is 2.91. The molecule has 0 aliphatic rings. The quantitative estimate of drug-likeness (QED) is 0.520. The molecule has 0 aliphatic heterocycles. The van der Waals surface area contributed by atoms with Crippen molar-refractivity contribution in [1.29, 1.82) is 0 Å². The number of methoxy groups -OCH3 is 1. The van der Waals surface area contributed by atoms with Gasteiger partial charge in [0.1, 0.15) is 22.8 Å². The number of benzene rings is 3. The Kier molecular flexibility index (Phi) is 6.54. The molecule has 3 rings (SSSR count). The first-order valence-electron chi connectivity index (χ1n) is 9.15. The van der Waals surface area contributed by atoms with E-state index in [9.17, 15) is 19.8 Å². The maximum absolute atomic E-state index is 12.5. The van der Waals surface area contributed by atoms with Crippen LogP contribution in [0, 0.1) is 0 Å². The summed E-state index contributed by atoms with van der Waals surface area (Å²) in [5.74, 6) is -1.30. The lowest BCUT2D eigenvalue weighted by atomic mass is 9.98. The summed E-state index contributed by atoms with van der Waals surface area (Å²) in [5.41, 5.74) is 1.55. The number of rotatable bonds is 7. The average Bonchev–Trinajstić information content (AvgIpc) is 2.76. The minimum Gasteiger partial charge on any atom is -0.508 e. The molecule has 0 bridgehead atoms. The van der Waals surface area contributed by atoms with Crippen LogP contribution in [0.25, 0.3) is 0 Å². The van der Waals surface area contributed by atoms with Gasteiger partial charge in [-0.1, -0.05) is 42.5 Å². The molecule has 3 N–H and O–H groups in total. The Morgan fingerprint density at radius 1 is 0.933 bits per heavy atom. The molecule has 7 nitrogen and oxygen atoms in total. The van der Waals surface area contributed by atoms with Crippen molar-refractivity contribution in [1.82, 2.24) is 5.32 Å². The van der Waals surface area contributed by atoms with Crippen LogP contribution in [0.5, 0.6) is 17.2 Å². The summed E-state index contributed by atoms with van der Waals surface area (Å²) in [6, 6.07) is 19.7. The van der Waals surface area contributed by atoms with Gasteiger partial charge in [-0.25, -0.2) is 4.79 Å². The number of aromatic hydroxyl groups is 2. The first kappa shape index (κ1) is 20.7. The van der Waals surface area contributed by atoms with E-state index in [1.54, 1.807) is 19.2 Å². The van der Waals surface area contributed by atoms with Gasteiger partial charge in [-0.2, -0.15) is 0 Å². The number of nitrogens with one attached hydrogen (secondary N) is 1. The number of phenols is 2. The summed E-state index contributed by atoms with van der Waals surface area (Å²) in [6.07, 6.45) is 0. The Morgan fingerprint density at radius 3 is 2.23 bits per heavy atom. The third-order valence-electron chi connectivity index (χ3n) is 4.42. The number of ether oxygens (including phenoxy) is 2. The Balaban J connectivity index is 1.70. The van der Waals surface area contributed by atoms with Gasteiger partial charge in [-0.05, 0) is 35.4 Å². The topological polar surface area (TPSA) is 105 Å². The smallest absolute Gasteiger partial charge is 0.342 e. The number of carbonyl (C=O) groups is 2. The van der Waals surface area contributed by atoms with Crippen LogP contribution in [0.15, 0.2) is 72.8 Å². The van der Waals surface area contributed by atoms with Crippen molar-refractivity contribution in [3.8, 4) is 17.2 Å². The van der Waals surface area contributed by atoms with E-state index in [4.69, 9.17) is 9.47 Å². The van der Waals surface area contributed by atoms with E-state index in [2.05, 4.69) is 5.32 Å². The third kappa shape index (κ3) is 5.08. The van der Waals surface area contributed by atoms with Gasteiger partial charge in [0.15, 0.2) is 6.61 Å². The molecule has 0 radical (unpaired) electrons. The van der Waals surface area contributed by atoms with Crippen LogP contribution in [0.2, 0.25) is 0 Å². The van der Waals surface area contributed by atoms with E-state index < -0.39 is 30.3 Å². The highest BCUT2D eigenvalue weighted by atomic mass is 16.5.